The zero-order valence-electron chi connectivity index (χ0n) is 17.1. The van der Waals surface area contributed by atoms with Crippen LogP contribution in [0, 0.1) is 0 Å². The van der Waals surface area contributed by atoms with Gasteiger partial charge in [0, 0.05) is 6.42 Å². The molecule has 0 spiro atoms. The molecule has 26 heavy (non-hydrogen) atoms. The Balaban J connectivity index is 2.14. The fourth-order valence-corrected chi connectivity index (χ4v) is 4.33. The number of esters is 1. The van der Waals surface area contributed by atoms with E-state index in [0.29, 0.717) is 18.6 Å². The van der Waals surface area contributed by atoms with Gasteiger partial charge in [0.15, 0.2) is 0 Å². The molecule has 0 radical (unpaired) electrons. The number of carbonyl (C=O) groups is 1. The Hall–Kier alpha value is -1.16. The van der Waals surface area contributed by atoms with Crippen molar-refractivity contribution < 1.29 is 14.6 Å². The quantitative estimate of drug-likeness (QED) is 0.717. The van der Waals surface area contributed by atoms with Crippen molar-refractivity contribution in [1.29, 1.82) is 0 Å². The van der Waals surface area contributed by atoms with Gasteiger partial charge in [-0.15, -0.1) is 0 Å². The first-order chi connectivity index (χ1) is 12.0. The highest BCUT2D eigenvalue weighted by Crippen LogP contribution is 2.40. The van der Waals surface area contributed by atoms with E-state index >= 15 is 0 Å². The maximum absolute atomic E-state index is 12.2. The summed E-state index contributed by atoms with van der Waals surface area (Å²) in [5.41, 5.74) is 2.67. The summed E-state index contributed by atoms with van der Waals surface area (Å²) in [6.45, 7) is 12.6. The molecule has 1 fully saturated rings. The summed E-state index contributed by atoms with van der Waals surface area (Å²) in [5, 5.41) is 10.8. The lowest BCUT2D eigenvalue weighted by Gasteiger charge is -2.28. The van der Waals surface area contributed by atoms with Crippen molar-refractivity contribution in [2.75, 3.05) is 11.5 Å². The molecule has 2 rings (SSSR count). The van der Waals surface area contributed by atoms with Gasteiger partial charge in [0.1, 0.15) is 11.9 Å². The topological polar surface area (TPSA) is 46.5 Å². The van der Waals surface area contributed by atoms with Crippen LogP contribution in [0.5, 0.6) is 5.75 Å². The van der Waals surface area contributed by atoms with Gasteiger partial charge in [-0.3, -0.25) is 4.79 Å². The summed E-state index contributed by atoms with van der Waals surface area (Å²) in [6, 6.07) is 4.10. The second-order valence-electron chi connectivity index (χ2n) is 9.34. The van der Waals surface area contributed by atoms with Crippen molar-refractivity contribution in [1.82, 2.24) is 0 Å². The summed E-state index contributed by atoms with van der Waals surface area (Å²) in [7, 11) is 0. The van der Waals surface area contributed by atoms with E-state index in [1.165, 1.54) is 0 Å². The van der Waals surface area contributed by atoms with Crippen molar-refractivity contribution in [2.45, 2.75) is 84.2 Å². The fourth-order valence-electron chi connectivity index (χ4n) is 3.27. The van der Waals surface area contributed by atoms with Gasteiger partial charge < -0.3 is 9.84 Å². The largest absolute Gasteiger partial charge is 0.507 e. The lowest BCUT2D eigenvalue weighted by Crippen LogP contribution is -2.23. The molecule has 1 heterocycles. The minimum atomic E-state index is -0.152. The molecule has 1 aliphatic rings. The smallest absolute Gasteiger partial charge is 0.306 e. The monoisotopic (exact) mass is 378 g/mol. The molecule has 4 heteroatoms. The van der Waals surface area contributed by atoms with Gasteiger partial charge in [-0.2, -0.15) is 11.8 Å². The molecule has 1 saturated heterocycles. The first-order valence-corrected chi connectivity index (χ1v) is 10.8. The number of benzene rings is 1. The molecule has 1 aliphatic heterocycles. The number of hydrogen-bond acceptors (Lipinski definition) is 4. The Morgan fingerprint density at radius 3 is 2.04 bits per heavy atom. The van der Waals surface area contributed by atoms with Crippen molar-refractivity contribution in [2.24, 2.45) is 0 Å². The van der Waals surface area contributed by atoms with E-state index in [0.717, 1.165) is 41.0 Å². The number of phenolic OH excluding ortho intramolecular Hbond substituents is 1. The Morgan fingerprint density at radius 2 is 1.58 bits per heavy atom. The first kappa shape index (κ1) is 21.1. The van der Waals surface area contributed by atoms with Crippen LogP contribution in [0.3, 0.4) is 0 Å². The molecular weight excluding hydrogens is 344 g/mol. The van der Waals surface area contributed by atoms with Gasteiger partial charge in [0.05, 0.1) is 0 Å². The van der Waals surface area contributed by atoms with Crippen LogP contribution in [0.2, 0.25) is 0 Å². The van der Waals surface area contributed by atoms with Crippen LogP contribution in [0.1, 0.15) is 77.5 Å². The number of aromatic hydroxyl groups is 1. The second-order valence-corrected chi connectivity index (χ2v) is 10.6. The molecule has 0 aromatic heterocycles. The summed E-state index contributed by atoms with van der Waals surface area (Å²) in [5.74, 6) is 2.44. The zero-order chi connectivity index (χ0) is 19.5. The lowest BCUT2D eigenvalue weighted by atomic mass is 9.78. The van der Waals surface area contributed by atoms with Crippen molar-refractivity contribution in [3.8, 4) is 5.75 Å². The highest BCUT2D eigenvalue weighted by atomic mass is 32.2. The molecule has 1 N–H and O–H groups in total. The van der Waals surface area contributed by atoms with Crippen LogP contribution in [0.25, 0.3) is 0 Å². The second kappa shape index (κ2) is 8.24. The van der Waals surface area contributed by atoms with Gasteiger partial charge in [0.2, 0.25) is 0 Å². The van der Waals surface area contributed by atoms with Crippen molar-refractivity contribution in [3.63, 3.8) is 0 Å². The SMILES string of the molecule is CC(C)(C)c1cc(CCC(=O)OC2CCSCC2)cc(C(C)(C)C)c1O. The number of rotatable bonds is 4. The molecule has 0 unspecified atom stereocenters. The third kappa shape index (κ3) is 5.67. The Kier molecular flexibility index (Phi) is 6.70. The molecule has 1 aromatic carbocycles. The normalized spacial score (nSPS) is 16.5. The Morgan fingerprint density at radius 1 is 1.08 bits per heavy atom. The number of carbonyl (C=O) groups excluding carboxylic acids is 1. The first-order valence-electron chi connectivity index (χ1n) is 9.62. The van der Waals surface area contributed by atoms with Crippen LogP contribution < -0.4 is 0 Å². The van der Waals surface area contributed by atoms with Crippen molar-refractivity contribution >= 4 is 17.7 Å². The van der Waals surface area contributed by atoms with Gasteiger partial charge in [-0.25, -0.2) is 0 Å². The standard InChI is InChI=1S/C22H34O3S/c1-21(2,3)17-13-15(14-18(20(17)24)22(4,5)6)7-8-19(23)25-16-9-11-26-12-10-16/h13-14,16,24H,7-12H2,1-6H3. The van der Waals surface area contributed by atoms with Gasteiger partial charge in [-0.05, 0) is 58.3 Å². The molecule has 146 valence electrons. The zero-order valence-corrected chi connectivity index (χ0v) is 18.0. The lowest BCUT2D eigenvalue weighted by molar-refractivity contribution is -0.149. The van der Waals surface area contributed by atoms with Crippen LogP contribution in [-0.2, 0) is 26.8 Å². The minimum absolute atomic E-state index is 0.0961. The third-order valence-electron chi connectivity index (χ3n) is 4.87. The van der Waals surface area contributed by atoms with E-state index in [2.05, 4.69) is 53.7 Å². The van der Waals surface area contributed by atoms with Crippen LogP contribution in [0.15, 0.2) is 12.1 Å². The summed E-state index contributed by atoms with van der Waals surface area (Å²) < 4.78 is 5.63. The van der Waals surface area contributed by atoms with E-state index in [4.69, 9.17) is 4.74 Å². The summed E-state index contributed by atoms with van der Waals surface area (Å²) in [4.78, 5) is 12.2. The van der Waals surface area contributed by atoms with Gasteiger partial charge in [0.25, 0.3) is 0 Å². The fraction of sp³-hybridized carbons (Fsp3) is 0.682. The van der Waals surface area contributed by atoms with Crippen LogP contribution in [-0.4, -0.2) is 28.7 Å². The molecule has 0 bridgehead atoms. The number of thioether (sulfide) groups is 1. The molecule has 0 atom stereocenters. The van der Waals surface area contributed by atoms with Crippen LogP contribution >= 0.6 is 11.8 Å². The number of phenols is 1. The highest BCUT2D eigenvalue weighted by molar-refractivity contribution is 7.99. The molecule has 0 amide bonds. The van der Waals surface area contributed by atoms with E-state index in [9.17, 15) is 9.90 Å². The Labute approximate surface area is 162 Å². The van der Waals surface area contributed by atoms with Crippen LogP contribution in [0.4, 0.5) is 0 Å². The van der Waals surface area contributed by atoms with Gasteiger partial charge >= 0.3 is 5.97 Å². The van der Waals surface area contributed by atoms with Crippen molar-refractivity contribution in [3.05, 3.63) is 28.8 Å². The van der Waals surface area contributed by atoms with Gasteiger partial charge in [-0.1, -0.05) is 53.7 Å². The van der Waals surface area contributed by atoms with E-state index in [1.54, 1.807) is 0 Å². The maximum atomic E-state index is 12.2. The van der Waals surface area contributed by atoms with E-state index in [1.807, 2.05) is 11.8 Å². The van der Waals surface area contributed by atoms with E-state index < -0.39 is 0 Å². The average Bonchev–Trinajstić information content (AvgIpc) is 2.52. The highest BCUT2D eigenvalue weighted by Gasteiger charge is 2.26. The molecule has 0 aliphatic carbocycles. The third-order valence-corrected chi connectivity index (χ3v) is 5.92. The average molecular weight is 379 g/mol. The Bertz CT molecular complexity index is 597. The summed E-state index contributed by atoms with van der Waals surface area (Å²) in [6.07, 6.45) is 3.07. The predicted molar refractivity (Wildman–Crippen MR) is 110 cm³/mol. The summed E-state index contributed by atoms with van der Waals surface area (Å²) >= 11 is 1.93. The number of aryl methyl sites for hydroxylation is 1. The minimum Gasteiger partial charge on any atom is -0.507 e. The number of hydrogen-bond donors (Lipinski definition) is 1. The molecule has 0 saturated carbocycles. The van der Waals surface area contributed by atoms with E-state index in [-0.39, 0.29) is 22.9 Å². The molecular formula is C22H34O3S. The maximum Gasteiger partial charge on any atom is 0.306 e. The number of ether oxygens (including phenoxy) is 1. The molecule has 3 nitrogen and oxygen atoms in total. The predicted octanol–water partition coefficient (Wildman–Crippen LogP) is 5.36. The molecule has 1 aromatic rings.